The van der Waals surface area contributed by atoms with E-state index in [0.29, 0.717) is 16.3 Å². The van der Waals surface area contributed by atoms with E-state index in [9.17, 15) is 14.3 Å². The molecule has 0 radical (unpaired) electrons. The summed E-state index contributed by atoms with van der Waals surface area (Å²) in [5.41, 5.74) is 1.18. The molecule has 1 aromatic carbocycles. The Morgan fingerprint density at radius 1 is 1.33 bits per heavy atom. The quantitative estimate of drug-likeness (QED) is 0.804. The summed E-state index contributed by atoms with van der Waals surface area (Å²) in [6.07, 6.45) is 0. The van der Waals surface area contributed by atoms with E-state index >= 15 is 0 Å². The van der Waals surface area contributed by atoms with Crippen LogP contribution in [0.15, 0.2) is 30.3 Å². The maximum absolute atomic E-state index is 13.0. The van der Waals surface area contributed by atoms with Crippen molar-refractivity contribution in [3.8, 4) is 21.8 Å². The van der Waals surface area contributed by atoms with Crippen molar-refractivity contribution in [1.29, 1.82) is 0 Å². The summed E-state index contributed by atoms with van der Waals surface area (Å²) in [7, 11) is 1.64. The lowest BCUT2D eigenvalue weighted by Crippen LogP contribution is -1.99. The van der Waals surface area contributed by atoms with E-state index in [0.717, 1.165) is 16.9 Å². The van der Waals surface area contributed by atoms with Crippen LogP contribution in [0.25, 0.3) is 21.8 Å². The van der Waals surface area contributed by atoms with Crippen molar-refractivity contribution in [3.05, 3.63) is 41.0 Å². The van der Waals surface area contributed by atoms with Gasteiger partial charge >= 0.3 is 5.97 Å². The molecule has 2 aromatic heterocycles. The predicted molar refractivity (Wildman–Crippen MR) is 74.5 cm³/mol. The molecule has 0 aliphatic carbocycles. The first-order valence-electron chi connectivity index (χ1n) is 5.92. The van der Waals surface area contributed by atoms with Crippen molar-refractivity contribution in [3.63, 3.8) is 0 Å². The van der Waals surface area contributed by atoms with Crippen LogP contribution < -0.4 is 0 Å². The van der Waals surface area contributed by atoms with Gasteiger partial charge in [0.05, 0.1) is 0 Å². The normalized spacial score (nSPS) is 10.8. The second-order valence-corrected chi connectivity index (χ2v) is 5.34. The van der Waals surface area contributed by atoms with Gasteiger partial charge in [-0.15, -0.1) is 16.4 Å². The molecular formula is C13H9FN4O2S. The van der Waals surface area contributed by atoms with Crippen LogP contribution in [-0.2, 0) is 7.05 Å². The highest BCUT2D eigenvalue weighted by Gasteiger charge is 2.21. The average molecular weight is 304 g/mol. The lowest BCUT2D eigenvalue weighted by molar-refractivity contribution is 0.0703. The van der Waals surface area contributed by atoms with Gasteiger partial charge in [0.15, 0.2) is 5.82 Å². The molecule has 3 rings (SSSR count). The number of thiophene rings is 1. The number of rotatable bonds is 3. The Hall–Kier alpha value is -2.61. The first-order valence-corrected chi connectivity index (χ1v) is 6.73. The first kappa shape index (κ1) is 13.4. The van der Waals surface area contributed by atoms with Gasteiger partial charge in [-0.25, -0.2) is 13.9 Å². The minimum absolute atomic E-state index is 0.146. The molecule has 0 bridgehead atoms. The third-order valence-electron chi connectivity index (χ3n) is 2.92. The van der Waals surface area contributed by atoms with Gasteiger partial charge in [-0.1, -0.05) is 12.1 Å². The molecule has 6 nitrogen and oxygen atoms in total. The fraction of sp³-hybridized carbons (Fsp3) is 0.0769. The SMILES string of the molecule is Cn1nnnc1-c1cc(-c2ccc(F)cc2)sc1C(=O)O. The number of hydrogen-bond acceptors (Lipinski definition) is 5. The third kappa shape index (κ3) is 2.40. The molecule has 0 atom stereocenters. The van der Waals surface area contributed by atoms with Crippen molar-refractivity contribution in [2.75, 3.05) is 0 Å². The lowest BCUT2D eigenvalue weighted by atomic mass is 10.1. The number of carboxylic acid groups (broad SMARTS) is 1. The molecule has 21 heavy (non-hydrogen) atoms. The number of aromatic carboxylic acids is 1. The highest BCUT2D eigenvalue weighted by molar-refractivity contribution is 7.17. The zero-order valence-corrected chi connectivity index (χ0v) is 11.6. The van der Waals surface area contributed by atoms with Crippen molar-refractivity contribution < 1.29 is 14.3 Å². The number of halogens is 1. The Bertz CT molecular complexity index is 810. The van der Waals surface area contributed by atoms with Crippen LogP contribution in [0.4, 0.5) is 4.39 Å². The molecule has 1 N–H and O–H groups in total. The number of tetrazole rings is 1. The van der Waals surface area contributed by atoms with E-state index in [-0.39, 0.29) is 10.7 Å². The van der Waals surface area contributed by atoms with E-state index < -0.39 is 5.97 Å². The molecule has 2 heterocycles. The highest BCUT2D eigenvalue weighted by Crippen LogP contribution is 2.36. The predicted octanol–water partition coefficient (Wildman–Crippen LogP) is 2.44. The maximum atomic E-state index is 13.0. The summed E-state index contributed by atoms with van der Waals surface area (Å²) in [6, 6.07) is 7.57. The van der Waals surface area contributed by atoms with Gasteiger partial charge in [0.1, 0.15) is 10.7 Å². The molecule has 0 saturated carbocycles. The zero-order chi connectivity index (χ0) is 15.0. The standard InChI is InChI=1S/C13H9FN4O2S/c1-18-12(15-16-17-18)9-6-10(21-11(9)13(19)20)7-2-4-8(14)5-3-7/h2-6H,1H3,(H,19,20). The van der Waals surface area contributed by atoms with Gasteiger partial charge in [0, 0.05) is 17.5 Å². The van der Waals surface area contributed by atoms with Crippen LogP contribution in [0.5, 0.6) is 0 Å². The van der Waals surface area contributed by atoms with Gasteiger partial charge < -0.3 is 5.11 Å². The molecule has 0 unspecified atom stereocenters. The van der Waals surface area contributed by atoms with Crippen LogP contribution >= 0.6 is 11.3 Å². The summed E-state index contributed by atoms with van der Waals surface area (Å²) in [5, 5.41) is 20.4. The van der Waals surface area contributed by atoms with Crippen LogP contribution in [0, 0.1) is 5.82 Å². The average Bonchev–Trinajstić information content (AvgIpc) is 3.05. The van der Waals surface area contributed by atoms with E-state index in [4.69, 9.17) is 0 Å². The Balaban J connectivity index is 2.15. The Morgan fingerprint density at radius 3 is 2.62 bits per heavy atom. The Labute approximate surface area is 122 Å². The lowest BCUT2D eigenvalue weighted by Gasteiger charge is -1.96. The monoisotopic (exact) mass is 304 g/mol. The number of aryl methyl sites for hydroxylation is 1. The van der Waals surface area contributed by atoms with Gasteiger partial charge in [-0.05, 0) is 34.2 Å². The minimum Gasteiger partial charge on any atom is -0.477 e. The summed E-state index contributed by atoms with van der Waals surface area (Å²) >= 11 is 1.10. The molecule has 0 saturated heterocycles. The molecule has 3 aromatic rings. The zero-order valence-electron chi connectivity index (χ0n) is 10.8. The van der Waals surface area contributed by atoms with Crippen LogP contribution in [0.2, 0.25) is 0 Å². The molecule has 0 aliphatic heterocycles. The van der Waals surface area contributed by atoms with Gasteiger partial charge in [-0.2, -0.15) is 0 Å². The van der Waals surface area contributed by atoms with Crippen molar-refractivity contribution in [2.45, 2.75) is 0 Å². The largest absolute Gasteiger partial charge is 0.477 e. The number of carbonyl (C=O) groups is 1. The van der Waals surface area contributed by atoms with E-state index in [1.165, 1.54) is 16.8 Å². The number of nitrogens with zero attached hydrogens (tertiary/aromatic N) is 4. The van der Waals surface area contributed by atoms with Crippen LogP contribution in [0.1, 0.15) is 9.67 Å². The van der Waals surface area contributed by atoms with Gasteiger partial charge in [-0.3, -0.25) is 0 Å². The van der Waals surface area contributed by atoms with Gasteiger partial charge in [0.2, 0.25) is 0 Å². The number of hydrogen-bond donors (Lipinski definition) is 1. The fourth-order valence-electron chi connectivity index (χ4n) is 1.93. The van der Waals surface area contributed by atoms with Crippen molar-refractivity contribution >= 4 is 17.3 Å². The first-order chi connectivity index (χ1) is 10.1. The molecular weight excluding hydrogens is 295 g/mol. The van der Waals surface area contributed by atoms with E-state index in [1.807, 2.05) is 0 Å². The van der Waals surface area contributed by atoms with E-state index in [1.54, 1.807) is 25.2 Å². The van der Waals surface area contributed by atoms with Crippen molar-refractivity contribution in [2.24, 2.45) is 7.05 Å². The smallest absolute Gasteiger partial charge is 0.346 e. The summed E-state index contributed by atoms with van der Waals surface area (Å²) < 4.78 is 14.4. The van der Waals surface area contributed by atoms with Gasteiger partial charge in [0.25, 0.3) is 0 Å². The van der Waals surface area contributed by atoms with Crippen molar-refractivity contribution in [1.82, 2.24) is 20.2 Å². The second-order valence-electron chi connectivity index (χ2n) is 4.29. The molecule has 0 spiro atoms. The van der Waals surface area contributed by atoms with Crippen LogP contribution in [-0.4, -0.2) is 31.3 Å². The Morgan fingerprint density at radius 2 is 2.05 bits per heavy atom. The molecule has 8 heteroatoms. The minimum atomic E-state index is -1.05. The third-order valence-corrected chi connectivity index (χ3v) is 4.09. The number of benzene rings is 1. The second kappa shape index (κ2) is 5.06. The molecule has 0 fully saturated rings. The number of aromatic nitrogens is 4. The number of carboxylic acids is 1. The molecule has 0 aliphatic rings. The Kier molecular flexibility index (Phi) is 3.22. The maximum Gasteiger partial charge on any atom is 0.346 e. The fourth-order valence-corrected chi connectivity index (χ4v) is 2.93. The highest BCUT2D eigenvalue weighted by atomic mass is 32.1. The summed E-state index contributed by atoms with van der Waals surface area (Å²) in [4.78, 5) is 12.3. The topological polar surface area (TPSA) is 80.9 Å². The summed E-state index contributed by atoms with van der Waals surface area (Å²) in [6.45, 7) is 0. The summed E-state index contributed by atoms with van der Waals surface area (Å²) in [5.74, 6) is -1.02. The van der Waals surface area contributed by atoms with Crippen LogP contribution in [0.3, 0.4) is 0 Å². The van der Waals surface area contributed by atoms with E-state index in [2.05, 4.69) is 15.5 Å². The molecule has 0 amide bonds. The molecule has 106 valence electrons.